The van der Waals surface area contributed by atoms with Crippen molar-refractivity contribution in [1.29, 1.82) is 0 Å². The van der Waals surface area contributed by atoms with Crippen molar-refractivity contribution in [2.24, 2.45) is 5.41 Å². The Morgan fingerprint density at radius 3 is 2.13 bits per heavy atom. The molecule has 0 aromatic heterocycles. The minimum Gasteiger partial charge on any atom is -0.293 e. The molecule has 1 nitrogen and oxygen atoms in total. The predicted molar refractivity (Wildman–Crippen MR) is 62.9 cm³/mol. The van der Waals surface area contributed by atoms with Crippen LogP contribution in [-0.4, -0.2) is 10.1 Å². The highest BCUT2D eigenvalue weighted by Gasteiger charge is 2.67. The van der Waals surface area contributed by atoms with Gasteiger partial charge in [-0.15, -0.1) is 23.2 Å². The monoisotopic (exact) mass is 262 g/mol. The van der Waals surface area contributed by atoms with E-state index in [0.29, 0.717) is 17.0 Å². The second-order valence-electron chi connectivity index (χ2n) is 4.05. The van der Waals surface area contributed by atoms with Crippen molar-refractivity contribution >= 4 is 40.6 Å². The van der Waals surface area contributed by atoms with Gasteiger partial charge in [0, 0.05) is 10.6 Å². The Balaban J connectivity index is 2.27. The van der Waals surface area contributed by atoms with Crippen LogP contribution >= 0.6 is 34.8 Å². The van der Waals surface area contributed by atoms with E-state index in [2.05, 4.69) is 0 Å². The van der Waals surface area contributed by atoms with Gasteiger partial charge in [0.1, 0.15) is 4.33 Å². The highest BCUT2D eigenvalue weighted by atomic mass is 35.5. The van der Waals surface area contributed by atoms with E-state index in [1.54, 1.807) is 31.2 Å². The molecule has 0 bridgehead atoms. The molecule has 1 atom stereocenters. The summed E-state index contributed by atoms with van der Waals surface area (Å²) in [5, 5.41) is 0.607. The third-order valence-corrected chi connectivity index (χ3v) is 4.22. The molecule has 0 amide bonds. The second kappa shape index (κ2) is 3.38. The molecule has 0 radical (unpaired) electrons. The minimum atomic E-state index is -0.913. The fourth-order valence-corrected chi connectivity index (χ4v) is 2.40. The zero-order chi connectivity index (χ0) is 11.3. The second-order valence-corrected chi connectivity index (χ2v) is 5.97. The maximum atomic E-state index is 12.0. The van der Waals surface area contributed by atoms with Crippen molar-refractivity contribution in [3.8, 4) is 0 Å². The predicted octanol–water partition coefficient (Wildman–Crippen LogP) is 4.11. The van der Waals surface area contributed by atoms with Crippen LogP contribution in [0.5, 0.6) is 0 Å². The Bertz CT molecular complexity index is 410. The van der Waals surface area contributed by atoms with E-state index in [-0.39, 0.29) is 5.78 Å². The molecule has 15 heavy (non-hydrogen) atoms. The summed E-state index contributed by atoms with van der Waals surface area (Å²) in [4.78, 5) is 12.0. The number of ketones is 1. The summed E-state index contributed by atoms with van der Waals surface area (Å²) in [7, 11) is 0. The maximum Gasteiger partial charge on any atom is 0.171 e. The lowest BCUT2D eigenvalue weighted by Gasteiger charge is -2.10. The number of carbonyl (C=O) groups excluding carboxylic acids is 1. The van der Waals surface area contributed by atoms with Crippen molar-refractivity contribution in [3.05, 3.63) is 34.9 Å². The molecule has 1 unspecified atom stereocenters. The van der Waals surface area contributed by atoms with E-state index >= 15 is 0 Å². The summed E-state index contributed by atoms with van der Waals surface area (Å²) in [6.07, 6.45) is 0.505. The molecule has 4 heteroatoms. The van der Waals surface area contributed by atoms with Crippen molar-refractivity contribution < 1.29 is 4.79 Å². The third kappa shape index (κ3) is 1.77. The van der Waals surface area contributed by atoms with Crippen molar-refractivity contribution in [2.75, 3.05) is 0 Å². The summed E-state index contributed by atoms with van der Waals surface area (Å²) >= 11 is 17.6. The van der Waals surface area contributed by atoms with Crippen LogP contribution < -0.4 is 0 Å². The fourth-order valence-electron chi connectivity index (χ4n) is 1.57. The van der Waals surface area contributed by atoms with Crippen LogP contribution in [0.4, 0.5) is 0 Å². The van der Waals surface area contributed by atoms with Crippen LogP contribution in [0.25, 0.3) is 0 Å². The quantitative estimate of drug-likeness (QED) is 0.580. The Labute approximate surface area is 103 Å². The van der Waals surface area contributed by atoms with Crippen molar-refractivity contribution in [3.63, 3.8) is 0 Å². The molecule has 0 heterocycles. The number of alkyl halides is 2. The molecule has 0 N–H and O–H groups in total. The molecule has 1 aromatic rings. The van der Waals surface area contributed by atoms with Crippen LogP contribution in [-0.2, 0) is 0 Å². The molecule has 2 rings (SSSR count). The molecule has 0 aliphatic heterocycles. The van der Waals surface area contributed by atoms with Gasteiger partial charge in [-0.2, -0.15) is 0 Å². The number of benzene rings is 1. The summed E-state index contributed by atoms with van der Waals surface area (Å²) in [6.45, 7) is 1.78. The van der Waals surface area contributed by atoms with E-state index in [4.69, 9.17) is 34.8 Å². The van der Waals surface area contributed by atoms with Crippen LogP contribution in [0, 0.1) is 5.41 Å². The molecular weight excluding hydrogens is 254 g/mol. The van der Waals surface area contributed by atoms with E-state index in [9.17, 15) is 4.79 Å². The standard InChI is InChI=1S/C11H9Cl3O/c1-10(6-11(10,13)14)9(15)7-2-4-8(12)5-3-7/h2-5H,6H2,1H3. The summed E-state index contributed by atoms with van der Waals surface area (Å²) in [6, 6.07) is 6.76. The van der Waals surface area contributed by atoms with Crippen LogP contribution in [0.15, 0.2) is 24.3 Å². The smallest absolute Gasteiger partial charge is 0.171 e. The molecule has 0 saturated heterocycles. The lowest BCUT2D eigenvalue weighted by molar-refractivity contribution is 0.0911. The number of halogens is 3. The van der Waals surface area contributed by atoms with Gasteiger partial charge in [0.25, 0.3) is 0 Å². The van der Waals surface area contributed by atoms with Gasteiger partial charge >= 0.3 is 0 Å². The molecule has 0 spiro atoms. The van der Waals surface area contributed by atoms with Gasteiger partial charge in [0.2, 0.25) is 0 Å². The van der Waals surface area contributed by atoms with Gasteiger partial charge in [-0.05, 0) is 37.6 Å². The largest absolute Gasteiger partial charge is 0.293 e. The number of rotatable bonds is 2. The summed E-state index contributed by atoms with van der Waals surface area (Å²) < 4.78 is -0.913. The Morgan fingerprint density at radius 2 is 1.73 bits per heavy atom. The first-order chi connectivity index (χ1) is 6.87. The molecule has 1 aliphatic carbocycles. The molecule has 1 aromatic carbocycles. The topological polar surface area (TPSA) is 17.1 Å². The van der Waals surface area contributed by atoms with Gasteiger partial charge in [-0.3, -0.25) is 4.79 Å². The first kappa shape index (κ1) is 11.3. The number of hydrogen-bond acceptors (Lipinski definition) is 1. The number of Topliss-reactive ketones (excluding diaryl/α,β-unsaturated/α-hetero) is 1. The Hall–Kier alpha value is -0.240. The van der Waals surface area contributed by atoms with E-state index in [1.165, 1.54) is 0 Å². The normalized spacial score (nSPS) is 27.5. The first-order valence-electron chi connectivity index (χ1n) is 4.55. The SMILES string of the molecule is CC1(C(=O)c2ccc(Cl)cc2)CC1(Cl)Cl. The average Bonchev–Trinajstić information content (AvgIpc) is 2.67. The van der Waals surface area contributed by atoms with Crippen LogP contribution in [0.2, 0.25) is 5.02 Å². The highest BCUT2D eigenvalue weighted by molar-refractivity contribution is 6.53. The van der Waals surface area contributed by atoms with E-state index in [1.807, 2.05) is 0 Å². The summed E-state index contributed by atoms with van der Waals surface area (Å²) in [5.74, 6) is -0.0239. The van der Waals surface area contributed by atoms with Crippen LogP contribution in [0.3, 0.4) is 0 Å². The maximum absolute atomic E-state index is 12.0. The summed E-state index contributed by atoms with van der Waals surface area (Å²) in [5.41, 5.74) is -0.0469. The van der Waals surface area contributed by atoms with Gasteiger partial charge in [-0.25, -0.2) is 0 Å². The first-order valence-corrected chi connectivity index (χ1v) is 5.68. The minimum absolute atomic E-state index is 0.0239. The third-order valence-electron chi connectivity index (χ3n) is 2.87. The molecule has 1 fully saturated rings. The number of carbonyl (C=O) groups is 1. The van der Waals surface area contributed by atoms with Gasteiger partial charge in [-0.1, -0.05) is 11.6 Å². The van der Waals surface area contributed by atoms with Gasteiger partial charge in [0.05, 0.1) is 5.41 Å². The van der Waals surface area contributed by atoms with E-state index < -0.39 is 9.75 Å². The molecule has 1 saturated carbocycles. The van der Waals surface area contributed by atoms with E-state index in [0.717, 1.165) is 0 Å². The lowest BCUT2D eigenvalue weighted by Crippen LogP contribution is -2.18. The Kier molecular flexibility index (Phi) is 2.53. The highest BCUT2D eigenvalue weighted by Crippen LogP contribution is 2.64. The zero-order valence-electron chi connectivity index (χ0n) is 8.06. The Morgan fingerprint density at radius 1 is 1.27 bits per heavy atom. The average molecular weight is 264 g/mol. The molecule has 1 aliphatic rings. The van der Waals surface area contributed by atoms with Crippen molar-refractivity contribution in [2.45, 2.75) is 17.7 Å². The lowest BCUT2D eigenvalue weighted by atomic mass is 9.97. The van der Waals surface area contributed by atoms with Gasteiger partial charge < -0.3 is 0 Å². The molecule has 80 valence electrons. The number of hydrogen-bond donors (Lipinski definition) is 0. The van der Waals surface area contributed by atoms with Crippen LogP contribution in [0.1, 0.15) is 23.7 Å². The molecular formula is C11H9Cl3O. The van der Waals surface area contributed by atoms with Gasteiger partial charge in [0.15, 0.2) is 5.78 Å². The van der Waals surface area contributed by atoms with Crippen molar-refractivity contribution in [1.82, 2.24) is 0 Å². The zero-order valence-corrected chi connectivity index (χ0v) is 10.3. The fraction of sp³-hybridized carbons (Fsp3) is 0.364.